The van der Waals surface area contributed by atoms with Gasteiger partial charge in [0.15, 0.2) is 5.16 Å². The molecule has 2 fully saturated rings. The normalized spacial score (nSPS) is 22.6. The largest absolute Gasteiger partial charge is 0.353 e. The van der Waals surface area contributed by atoms with Gasteiger partial charge in [0, 0.05) is 12.1 Å². The van der Waals surface area contributed by atoms with Crippen molar-refractivity contribution in [1.29, 1.82) is 0 Å². The Hall–Kier alpha value is -2.74. The van der Waals surface area contributed by atoms with E-state index in [0.717, 1.165) is 34.4 Å². The molecule has 2 aliphatic carbocycles. The fourth-order valence-corrected chi connectivity index (χ4v) is 6.34. The number of para-hydroxylation sites is 1. The Balaban J connectivity index is 1.40. The van der Waals surface area contributed by atoms with E-state index in [-0.39, 0.29) is 28.5 Å². The van der Waals surface area contributed by atoms with Crippen molar-refractivity contribution in [3.8, 4) is 5.69 Å². The number of carbonyl (C=O) groups is 1. The van der Waals surface area contributed by atoms with Crippen LogP contribution in [0.5, 0.6) is 0 Å². The number of halogens is 2. The average molecular weight is 470 g/mol. The number of nitrogens with zero attached hydrogens (tertiary/aromatic N) is 2. The Labute approximate surface area is 194 Å². The monoisotopic (exact) mass is 469 g/mol. The van der Waals surface area contributed by atoms with Crippen LogP contribution in [0, 0.1) is 29.4 Å². The number of benzene rings is 2. The lowest BCUT2D eigenvalue weighted by atomic mass is 9.84. The molecule has 2 saturated carbocycles. The van der Waals surface area contributed by atoms with Crippen molar-refractivity contribution >= 4 is 28.6 Å². The maximum Gasteiger partial charge on any atom is 0.266 e. The third-order valence-corrected chi connectivity index (χ3v) is 7.99. The van der Waals surface area contributed by atoms with Gasteiger partial charge in [-0.05, 0) is 68.2 Å². The summed E-state index contributed by atoms with van der Waals surface area (Å²) in [5, 5.41) is 3.61. The van der Waals surface area contributed by atoms with E-state index in [1.807, 2.05) is 0 Å². The summed E-state index contributed by atoms with van der Waals surface area (Å²) in [5.74, 6) is 0.305. The van der Waals surface area contributed by atoms with Crippen LogP contribution in [0.3, 0.4) is 0 Å². The second kappa shape index (κ2) is 8.89. The van der Waals surface area contributed by atoms with Crippen LogP contribution in [0.1, 0.15) is 32.6 Å². The third kappa shape index (κ3) is 4.28. The van der Waals surface area contributed by atoms with E-state index in [4.69, 9.17) is 0 Å². The van der Waals surface area contributed by atoms with E-state index in [9.17, 15) is 18.4 Å². The van der Waals surface area contributed by atoms with Gasteiger partial charge in [0.1, 0.15) is 11.6 Å². The second-order valence-corrected chi connectivity index (χ2v) is 10.1. The molecular weight excluding hydrogens is 444 g/mol. The molecule has 0 unspecified atom stereocenters. The fourth-order valence-electron chi connectivity index (χ4n) is 5.52. The number of aromatic nitrogens is 2. The number of thioether (sulfide) groups is 1. The zero-order valence-electron chi connectivity index (χ0n) is 18.3. The van der Waals surface area contributed by atoms with Crippen molar-refractivity contribution < 1.29 is 13.6 Å². The van der Waals surface area contributed by atoms with Gasteiger partial charge in [-0.1, -0.05) is 30.3 Å². The molecule has 1 heterocycles. The number of rotatable bonds is 6. The molecule has 2 aromatic carbocycles. The molecule has 0 radical (unpaired) electrons. The van der Waals surface area contributed by atoms with E-state index in [2.05, 4.69) is 17.2 Å². The third-order valence-electron chi connectivity index (χ3n) is 7.05. The highest BCUT2D eigenvalue weighted by Crippen LogP contribution is 2.49. The topological polar surface area (TPSA) is 64.0 Å². The molecule has 1 aromatic heterocycles. The van der Waals surface area contributed by atoms with Crippen molar-refractivity contribution in [2.45, 2.75) is 43.8 Å². The first-order valence-corrected chi connectivity index (χ1v) is 12.3. The molecule has 0 aliphatic heterocycles. The molecule has 2 aliphatic rings. The zero-order valence-corrected chi connectivity index (χ0v) is 19.1. The molecule has 1 amide bonds. The molecule has 5 rings (SSSR count). The van der Waals surface area contributed by atoms with Gasteiger partial charge < -0.3 is 5.32 Å². The minimum absolute atomic E-state index is 0.0404. The number of fused-ring (bicyclic) bond motifs is 3. The summed E-state index contributed by atoms with van der Waals surface area (Å²) in [4.78, 5) is 30.5. The molecule has 33 heavy (non-hydrogen) atoms. The van der Waals surface area contributed by atoms with Gasteiger partial charge in [-0.15, -0.1) is 0 Å². The van der Waals surface area contributed by atoms with E-state index >= 15 is 0 Å². The summed E-state index contributed by atoms with van der Waals surface area (Å²) in [6.45, 7) is 2.06. The first-order chi connectivity index (χ1) is 15.9. The van der Waals surface area contributed by atoms with Gasteiger partial charge in [0.05, 0.1) is 22.3 Å². The SMILES string of the molecule is C[C@@H](NC(=O)CSc1nc2ccccc2c(=O)n1-c1ccc(F)cc1F)[C@H]1C[C@H]2CC[C@H]1C2. The molecule has 5 nitrogen and oxygen atoms in total. The van der Waals surface area contributed by atoms with E-state index in [1.54, 1.807) is 24.3 Å². The first-order valence-electron chi connectivity index (χ1n) is 11.3. The molecule has 0 saturated heterocycles. The van der Waals surface area contributed by atoms with Gasteiger partial charge in [-0.3, -0.25) is 14.2 Å². The summed E-state index contributed by atoms with van der Waals surface area (Å²) in [7, 11) is 0. The zero-order chi connectivity index (χ0) is 23.1. The maximum absolute atomic E-state index is 14.6. The van der Waals surface area contributed by atoms with Crippen LogP contribution in [0.2, 0.25) is 0 Å². The molecular formula is C25H25F2N3O2S. The van der Waals surface area contributed by atoms with Gasteiger partial charge in [0.25, 0.3) is 5.56 Å². The van der Waals surface area contributed by atoms with Crippen molar-refractivity contribution in [3.05, 3.63) is 64.5 Å². The number of hydrogen-bond donors (Lipinski definition) is 1. The molecule has 1 N–H and O–H groups in total. The van der Waals surface area contributed by atoms with Crippen LogP contribution in [-0.2, 0) is 4.79 Å². The van der Waals surface area contributed by atoms with Crippen LogP contribution in [-0.4, -0.2) is 27.3 Å². The lowest BCUT2D eigenvalue weighted by Gasteiger charge is -2.28. The highest BCUT2D eigenvalue weighted by atomic mass is 32.2. The highest BCUT2D eigenvalue weighted by Gasteiger charge is 2.42. The minimum Gasteiger partial charge on any atom is -0.353 e. The van der Waals surface area contributed by atoms with E-state index < -0.39 is 17.2 Å². The van der Waals surface area contributed by atoms with Gasteiger partial charge >= 0.3 is 0 Å². The summed E-state index contributed by atoms with van der Waals surface area (Å²) >= 11 is 1.07. The number of amides is 1. The predicted octanol–water partition coefficient (Wildman–Crippen LogP) is 4.70. The Kier molecular flexibility index (Phi) is 5.95. The maximum atomic E-state index is 14.6. The first kappa shape index (κ1) is 22.1. The summed E-state index contributed by atoms with van der Waals surface area (Å²) in [5.41, 5.74) is -0.109. The number of hydrogen-bond acceptors (Lipinski definition) is 4. The lowest BCUT2D eigenvalue weighted by molar-refractivity contribution is -0.119. The van der Waals surface area contributed by atoms with Gasteiger partial charge in [-0.2, -0.15) is 0 Å². The quantitative estimate of drug-likeness (QED) is 0.420. The van der Waals surface area contributed by atoms with Crippen molar-refractivity contribution in [2.24, 2.45) is 17.8 Å². The fraction of sp³-hybridized carbons (Fsp3) is 0.400. The van der Waals surface area contributed by atoms with Gasteiger partial charge in [-0.25, -0.2) is 13.8 Å². The van der Waals surface area contributed by atoms with Gasteiger partial charge in [0.2, 0.25) is 5.91 Å². The molecule has 172 valence electrons. The van der Waals surface area contributed by atoms with Crippen molar-refractivity contribution in [2.75, 3.05) is 5.75 Å². The Morgan fingerprint density at radius 1 is 1.21 bits per heavy atom. The summed E-state index contributed by atoms with van der Waals surface area (Å²) in [6, 6.07) is 9.90. The molecule has 3 aromatic rings. The number of nitrogens with one attached hydrogen (secondary N) is 1. The molecule has 2 bridgehead atoms. The average Bonchev–Trinajstić information content (AvgIpc) is 3.43. The highest BCUT2D eigenvalue weighted by molar-refractivity contribution is 7.99. The number of carbonyl (C=O) groups excluding carboxylic acids is 1. The molecule has 0 spiro atoms. The van der Waals surface area contributed by atoms with Crippen molar-refractivity contribution in [1.82, 2.24) is 14.9 Å². The van der Waals surface area contributed by atoms with Crippen LogP contribution in [0.15, 0.2) is 52.4 Å². The standard InChI is InChI=1S/C25H25F2N3O2S/c1-14(19-11-15-6-7-16(19)10-15)28-23(31)13-33-25-29-21-5-3-2-4-18(21)24(32)30(25)22-9-8-17(26)12-20(22)27/h2-5,8-9,12,14-16,19H,6-7,10-11,13H2,1H3,(H,28,31)/t14-,15+,16+,19-/m1/s1. The van der Waals surface area contributed by atoms with E-state index in [1.165, 1.54) is 31.7 Å². The Morgan fingerprint density at radius 2 is 2.03 bits per heavy atom. The second-order valence-electron chi connectivity index (χ2n) is 9.13. The van der Waals surface area contributed by atoms with Crippen LogP contribution >= 0.6 is 11.8 Å². The van der Waals surface area contributed by atoms with Crippen molar-refractivity contribution in [3.63, 3.8) is 0 Å². The smallest absolute Gasteiger partial charge is 0.266 e. The Bertz CT molecular complexity index is 1280. The Morgan fingerprint density at radius 3 is 2.76 bits per heavy atom. The minimum atomic E-state index is -0.870. The van der Waals surface area contributed by atoms with E-state index in [0.29, 0.717) is 22.7 Å². The van der Waals surface area contributed by atoms with Crippen LogP contribution in [0.4, 0.5) is 8.78 Å². The summed E-state index contributed by atoms with van der Waals surface area (Å²) < 4.78 is 29.2. The predicted molar refractivity (Wildman–Crippen MR) is 125 cm³/mol. The van der Waals surface area contributed by atoms with Crippen LogP contribution < -0.4 is 10.9 Å². The molecule has 8 heteroatoms. The van der Waals surface area contributed by atoms with Crippen LogP contribution in [0.25, 0.3) is 16.6 Å². The lowest BCUT2D eigenvalue weighted by Crippen LogP contribution is -2.41. The molecule has 4 atom stereocenters. The summed E-state index contributed by atoms with van der Waals surface area (Å²) in [6.07, 6.45) is 5.01.